The summed E-state index contributed by atoms with van der Waals surface area (Å²) in [6, 6.07) is 5.56. The molecule has 7 nitrogen and oxygen atoms in total. The van der Waals surface area contributed by atoms with Crippen molar-refractivity contribution in [1.82, 2.24) is 14.7 Å². The zero-order valence-electron chi connectivity index (χ0n) is 13.0. The van der Waals surface area contributed by atoms with Gasteiger partial charge >= 0.3 is 0 Å². The molecule has 2 aliphatic heterocycles. The SMILES string of the molecule is OCC(O)c1cc2n(n1)CCN(Cc1cc3c(cc1Cl)OCO3)C2. The van der Waals surface area contributed by atoms with E-state index < -0.39 is 6.10 Å². The van der Waals surface area contributed by atoms with E-state index in [-0.39, 0.29) is 13.4 Å². The van der Waals surface area contributed by atoms with Gasteiger partial charge in [-0.2, -0.15) is 5.10 Å². The second-order valence-electron chi connectivity index (χ2n) is 5.99. The van der Waals surface area contributed by atoms with E-state index in [1.807, 2.05) is 16.8 Å². The van der Waals surface area contributed by atoms with Gasteiger partial charge in [-0.1, -0.05) is 11.6 Å². The molecule has 1 unspecified atom stereocenters. The van der Waals surface area contributed by atoms with Gasteiger partial charge in [-0.15, -0.1) is 0 Å². The first-order chi connectivity index (χ1) is 11.6. The van der Waals surface area contributed by atoms with Crippen molar-refractivity contribution in [3.8, 4) is 11.5 Å². The van der Waals surface area contributed by atoms with Crippen LogP contribution in [0, 0.1) is 0 Å². The highest BCUT2D eigenvalue weighted by Crippen LogP contribution is 2.37. The Labute approximate surface area is 144 Å². The topological polar surface area (TPSA) is 80.0 Å². The van der Waals surface area contributed by atoms with Crippen LogP contribution in [0.25, 0.3) is 0 Å². The molecule has 0 aliphatic carbocycles. The van der Waals surface area contributed by atoms with E-state index in [0.29, 0.717) is 29.6 Å². The van der Waals surface area contributed by atoms with Crippen LogP contribution in [-0.2, 0) is 19.6 Å². The summed E-state index contributed by atoms with van der Waals surface area (Å²) in [7, 11) is 0. The molecule has 0 spiro atoms. The first kappa shape index (κ1) is 15.7. The summed E-state index contributed by atoms with van der Waals surface area (Å²) in [6.45, 7) is 2.86. The molecule has 8 heteroatoms. The van der Waals surface area contributed by atoms with Crippen LogP contribution in [0.5, 0.6) is 11.5 Å². The Balaban J connectivity index is 1.50. The summed E-state index contributed by atoms with van der Waals surface area (Å²) in [6.07, 6.45) is -0.931. The number of aromatic nitrogens is 2. The van der Waals surface area contributed by atoms with Crippen molar-refractivity contribution in [3.63, 3.8) is 0 Å². The van der Waals surface area contributed by atoms with Crippen molar-refractivity contribution in [2.24, 2.45) is 0 Å². The zero-order chi connectivity index (χ0) is 16.7. The van der Waals surface area contributed by atoms with Crippen LogP contribution < -0.4 is 9.47 Å². The molecular formula is C16H18ClN3O4. The molecular weight excluding hydrogens is 334 g/mol. The predicted octanol–water partition coefficient (Wildman–Crippen LogP) is 1.31. The number of hydrogen-bond acceptors (Lipinski definition) is 6. The molecule has 128 valence electrons. The van der Waals surface area contributed by atoms with Crippen molar-refractivity contribution in [1.29, 1.82) is 0 Å². The molecule has 2 aliphatic rings. The highest BCUT2D eigenvalue weighted by Gasteiger charge is 2.23. The Morgan fingerprint density at radius 2 is 2.00 bits per heavy atom. The normalized spacial score (nSPS) is 17.8. The maximum Gasteiger partial charge on any atom is 0.231 e. The van der Waals surface area contributed by atoms with Crippen molar-refractivity contribution < 1.29 is 19.7 Å². The standard InChI is InChI=1S/C16H18ClN3O4/c17-12-5-16-15(23-9-24-16)3-10(12)6-19-1-2-20-11(7-19)4-13(18-20)14(22)8-21/h3-5,14,21-22H,1-2,6-9H2. The molecule has 0 radical (unpaired) electrons. The van der Waals surface area contributed by atoms with Gasteiger partial charge in [0, 0.05) is 30.7 Å². The van der Waals surface area contributed by atoms with Gasteiger partial charge in [0.05, 0.1) is 24.5 Å². The Morgan fingerprint density at radius 3 is 2.79 bits per heavy atom. The summed E-state index contributed by atoms with van der Waals surface area (Å²) in [5.41, 5.74) is 2.51. The number of halogens is 1. The molecule has 3 heterocycles. The third-order valence-electron chi connectivity index (χ3n) is 4.35. The van der Waals surface area contributed by atoms with Gasteiger partial charge in [-0.3, -0.25) is 9.58 Å². The largest absolute Gasteiger partial charge is 0.454 e. The zero-order valence-corrected chi connectivity index (χ0v) is 13.7. The number of nitrogens with zero attached hydrogens (tertiary/aromatic N) is 3. The minimum absolute atomic E-state index is 0.230. The lowest BCUT2D eigenvalue weighted by Crippen LogP contribution is -2.33. The lowest BCUT2D eigenvalue weighted by Gasteiger charge is -2.27. The van der Waals surface area contributed by atoms with Gasteiger partial charge in [0.25, 0.3) is 0 Å². The van der Waals surface area contributed by atoms with Crippen molar-refractivity contribution in [2.75, 3.05) is 19.9 Å². The van der Waals surface area contributed by atoms with Gasteiger partial charge in [-0.05, 0) is 17.7 Å². The number of hydrogen-bond donors (Lipinski definition) is 2. The molecule has 2 N–H and O–H groups in total. The Morgan fingerprint density at radius 1 is 1.21 bits per heavy atom. The van der Waals surface area contributed by atoms with Gasteiger partial charge in [-0.25, -0.2) is 0 Å². The highest BCUT2D eigenvalue weighted by atomic mass is 35.5. The number of rotatable bonds is 4. The molecule has 1 atom stereocenters. The molecule has 0 saturated heterocycles. The minimum atomic E-state index is -0.931. The Bertz CT molecular complexity index is 764. The lowest BCUT2D eigenvalue weighted by atomic mass is 10.1. The fraction of sp³-hybridized carbons (Fsp3) is 0.438. The molecule has 0 fully saturated rings. The van der Waals surface area contributed by atoms with Crippen molar-refractivity contribution in [3.05, 3.63) is 40.2 Å². The van der Waals surface area contributed by atoms with Crippen LogP contribution >= 0.6 is 11.6 Å². The third-order valence-corrected chi connectivity index (χ3v) is 4.70. The highest BCUT2D eigenvalue weighted by molar-refractivity contribution is 6.31. The van der Waals surface area contributed by atoms with Gasteiger partial charge < -0.3 is 19.7 Å². The number of aliphatic hydroxyl groups is 2. The van der Waals surface area contributed by atoms with Crippen LogP contribution in [0.1, 0.15) is 23.1 Å². The maximum atomic E-state index is 9.72. The summed E-state index contributed by atoms with van der Waals surface area (Å²) in [5.74, 6) is 1.41. The molecule has 4 rings (SSSR count). The number of ether oxygens (including phenoxy) is 2. The summed E-state index contributed by atoms with van der Waals surface area (Å²) < 4.78 is 12.6. The monoisotopic (exact) mass is 351 g/mol. The molecule has 24 heavy (non-hydrogen) atoms. The first-order valence-corrected chi connectivity index (χ1v) is 8.18. The van der Waals surface area contributed by atoms with E-state index >= 15 is 0 Å². The smallest absolute Gasteiger partial charge is 0.231 e. The Hall–Kier alpha value is -1.80. The molecule has 0 amide bonds. The van der Waals surface area contributed by atoms with Crippen LogP contribution in [-0.4, -0.2) is 44.8 Å². The second kappa shape index (κ2) is 6.25. The van der Waals surface area contributed by atoms with E-state index in [0.717, 1.165) is 30.1 Å². The number of fused-ring (bicyclic) bond motifs is 2. The van der Waals surface area contributed by atoms with Gasteiger partial charge in [0.1, 0.15) is 6.10 Å². The molecule has 1 aromatic heterocycles. The molecule has 1 aromatic carbocycles. The Kier molecular flexibility index (Phi) is 4.09. The van der Waals surface area contributed by atoms with Gasteiger partial charge in [0.15, 0.2) is 11.5 Å². The van der Waals surface area contributed by atoms with Crippen LogP contribution in [0.4, 0.5) is 0 Å². The van der Waals surface area contributed by atoms with E-state index in [1.165, 1.54) is 0 Å². The summed E-state index contributed by atoms with van der Waals surface area (Å²) >= 11 is 6.35. The molecule has 0 saturated carbocycles. The summed E-state index contributed by atoms with van der Waals surface area (Å²) in [4.78, 5) is 2.26. The van der Waals surface area contributed by atoms with Crippen molar-refractivity contribution >= 4 is 11.6 Å². The average Bonchev–Trinajstić information content (AvgIpc) is 3.20. The fourth-order valence-electron chi connectivity index (χ4n) is 3.06. The average molecular weight is 352 g/mol. The fourth-order valence-corrected chi connectivity index (χ4v) is 3.27. The van der Waals surface area contributed by atoms with E-state index in [1.54, 1.807) is 6.07 Å². The molecule has 2 aromatic rings. The maximum absolute atomic E-state index is 9.72. The number of benzene rings is 1. The van der Waals surface area contributed by atoms with Crippen LogP contribution in [0.2, 0.25) is 5.02 Å². The number of aliphatic hydroxyl groups excluding tert-OH is 2. The second-order valence-corrected chi connectivity index (χ2v) is 6.40. The quantitative estimate of drug-likeness (QED) is 0.864. The van der Waals surface area contributed by atoms with Gasteiger partial charge in [0.2, 0.25) is 6.79 Å². The first-order valence-electron chi connectivity index (χ1n) is 7.80. The minimum Gasteiger partial charge on any atom is -0.454 e. The summed E-state index contributed by atoms with van der Waals surface area (Å²) in [5, 5.41) is 23.8. The van der Waals surface area contributed by atoms with E-state index in [4.69, 9.17) is 26.2 Å². The van der Waals surface area contributed by atoms with Crippen molar-refractivity contribution in [2.45, 2.75) is 25.7 Å². The van der Waals surface area contributed by atoms with Crippen LogP contribution in [0.3, 0.4) is 0 Å². The van der Waals surface area contributed by atoms with E-state index in [2.05, 4.69) is 10.00 Å². The lowest BCUT2D eigenvalue weighted by molar-refractivity contribution is 0.0915. The predicted molar refractivity (Wildman–Crippen MR) is 86.0 cm³/mol. The third kappa shape index (κ3) is 2.84. The van der Waals surface area contributed by atoms with Crippen LogP contribution in [0.15, 0.2) is 18.2 Å². The molecule has 0 bridgehead atoms. The van der Waals surface area contributed by atoms with E-state index in [9.17, 15) is 5.11 Å².